The van der Waals surface area contributed by atoms with Gasteiger partial charge < -0.3 is 20.1 Å². The summed E-state index contributed by atoms with van der Waals surface area (Å²) in [7, 11) is 0. The molecule has 0 fully saturated rings. The normalized spacial score (nSPS) is 12.3. The summed E-state index contributed by atoms with van der Waals surface area (Å²) in [6.45, 7) is 5.16. The second-order valence-corrected chi connectivity index (χ2v) is 6.09. The summed E-state index contributed by atoms with van der Waals surface area (Å²) < 4.78 is 10.7. The van der Waals surface area contributed by atoms with Gasteiger partial charge >= 0.3 is 0 Å². The van der Waals surface area contributed by atoms with Gasteiger partial charge in [-0.15, -0.1) is 0 Å². The van der Waals surface area contributed by atoms with Crippen LogP contribution in [0.15, 0.2) is 36.7 Å². The molecule has 0 spiro atoms. The third-order valence-corrected chi connectivity index (χ3v) is 3.67. The number of aromatic nitrogens is 1. The Balaban J connectivity index is 1.65. The zero-order valence-corrected chi connectivity index (χ0v) is 13.8. The summed E-state index contributed by atoms with van der Waals surface area (Å²) in [5.41, 5.74) is 2.12. The smallest absolute Gasteiger partial charge is 0.252 e. The number of ether oxygens (including phenoxy) is 2. The maximum Gasteiger partial charge on any atom is 0.252 e. The maximum atomic E-state index is 12.2. The Labute approximate surface area is 141 Å². The fourth-order valence-corrected chi connectivity index (χ4v) is 2.35. The van der Waals surface area contributed by atoms with Gasteiger partial charge in [-0.3, -0.25) is 9.78 Å². The Morgan fingerprint density at radius 2 is 2.00 bits per heavy atom. The SMILES string of the molecule is CC(C)CCNC(=O)c1cncc(Nc2ccc3c(c2)OCO3)c1. The zero-order chi connectivity index (χ0) is 16.9. The van der Waals surface area contributed by atoms with E-state index in [9.17, 15) is 4.79 Å². The van der Waals surface area contributed by atoms with Crippen molar-refractivity contribution in [3.05, 3.63) is 42.2 Å². The lowest BCUT2D eigenvalue weighted by Gasteiger charge is -2.10. The van der Waals surface area contributed by atoms with Gasteiger partial charge in [-0.1, -0.05) is 13.8 Å². The number of hydrogen-bond donors (Lipinski definition) is 2. The molecule has 0 saturated heterocycles. The van der Waals surface area contributed by atoms with E-state index in [0.29, 0.717) is 23.8 Å². The van der Waals surface area contributed by atoms with Crippen molar-refractivity contribution in [3.8, 4) is 11.5 Å². The molecular weight excluding hydrogens is 306 g/mol. The van der Waals surface area contributed by atoms with Gasteiger partial charge in [0.05, 0.1) is 17.4 Å². The first-order valence-corrected chi connectivity index (χ1v) is 8.02. The molecule has 0 aliphatic carbocycles. The summed E-state index contributed by atoms with van der Waals surface area (Å²) in [5, 5.41) is 6.14. The first kappa shape index (κ1) is 16.1. The number of pyridine rings is 1. The number of carbonyl (C=O) groups is 1. The largest absolute Gasteiger partial charge is 0.454 e. The molecule has 6 nitrogen and oxygen atoms in total. The summed E-state index contributed by atoms with van der Waals surface area (Å²) in [4.78, 5) is 16.3. The fraction of sp³-hybridized carbons (Fsp3) is 0.333. The van der Waals surface area contributed by atoms with Crippen LogP contribution in [0.25, 0.3) is 0 Å². The number of benzene rings is 1. The second-order valence-electron chi connectivity index (χ2n) is 6.09. The van der Waals surface area contributed by atoms with E-state index in [1.165, 1.54) is 0 Å². The van der Waals surface area contributed by atoms with Crippen molar-refractivity contribution in [3.63, 3.8) is 0 Å². The van der Waals surface area contributed by atoms with Gasteiger partial charge in [0.2, 0.25) is 6.79 Å². The Bertz CT molecular complexity index is 731. The molecule has 0 saturated carbocycles. The van der Waals surface area contributed by atoms with Crippen LogP contribution in [0.2, 0.25) is 0 Å². The van der Waals surface area contributed by atoms with Crippen LogP contribution in [-0.2, 0) is 0 Å². The van der Waals surface area contributed by atoms with Gasteiger partial charge in [0, 0.05) is 24.5 Å². The summed E-state index contributed by atoms with van der Waals surface area (Å²) in [6.07, 6.45) is 4.19. The summed E-state index contributed by atoms with van der Waals surface area (Å²) in [6, 6.07) is 7.38. The van der Waals surface area contributed by atoms with Crippen LogP contribution in [-0.4, -0.2) is 24.2 Å². The summed E-state index contributed by atoms with van der Waals surface area (Å²) >= 11 is 0. The molecule has 2 aromatic rings. The molecule has 24 heavy (non-hydrogen) atoms. The minimum absolute atomic E-state index is 0.113. The molecule has 1 aliphatic rings. The molecule has 1 aromatic heterocycles. The number of rotatable bonds is 6. The van der Waals surface area contributed by atoms with Crippen molar-refractivity contribution in [2.24, 2.45) is 5.92 Å². The van der Waals surface area contributed by atoms with Crippen molar-refractivity contribution >= 4 is 17.3 Å². The van der Waals surface area contributed by atoms with Crippen LogP contribution in [0, 0.1) is 5.92 Å². The molecule has 2 N–H and O–H groups in total. The lowest BCUT2D eigenvalue weighted by atomic mass is 10.1. The molecule has 126 valence electrons. The van der Waals surface area contributed by atoms with E-state index >= 15 is 0 Å². The number of hydrogen-bond acceptors (Lipinski definition) is 5. The van der Waals surface area contributed by atoms with Gasteiger partial charge in [-0.2, -0.15) is 0 Å². The average molecular weight is 327 g/mol. The van der Waals surface area contributed by atoms with E-state index in [2.05, 4.69) is 29.5 Å². The van der Waals surface area contributed by atoms with Crippen LogP contribution < -0.4 is 20.1 Å². The lowest BCUT2D eigenvalue weighted by Crippen LogP contribution is -2.25. The van der Waals surface area contributed by atoms with E-state index in [-0.39, 0.29) is 12.7 Å². The van der Waals surface area contributed by atoms with Gasteiger partial charge in [0.1, 0.15) is 0 Å². The fourth-order valence-electron chi connectivity index (χ4n) is 2.35. The van der Waals surface area contributed by atoms with Crippen molar-refractivity contribution in [2.75, 3.05) is 18.7 Å². The highest BCUT2D eigenvalue weighted by Gasteiger charge is 2.13. The molecule has 1 amide bonds. The number of fused-ring (bicyclic) bond motifs is 1. The minimum atomic E-state index is -0.113. The zero-order valence-electron chi connectivity index (χ0n) is 13.8. The monoisotopic (exact) mass is 327 g/mol. The van der Waals surface area contributed by atoms with Gasteiger partial charge in [0.25, 0.3) is 5.91 Å². The first-order valence-electron chi connectivity index (χ1n) is 8.02. The number of nitrogens with one attached hydrogen (secondary N) is 2. The Hall–Kier alpha value is -2.76. The molecule has 0 unspecified atom stereocenters. The van der Waals surface area contributed by atoms with Gasteiger partial charge in [0.15, 0.2) is 11.5 Å². The number of nitrogens with zero attached hydrogens (tertiary/aromatic N) is 1. The topological polar surface area (TPSA) is 72.5 Å². The Morgan fingerprint density at radius 1 is 1.17 bits per heavy atom. The predicted octanol–water partition coefficient (Wildman–Crippen LogP) is 3.33. The second kappa shape index (κ2) is 7.21. The van der Waals surface area contributed by atoms with E-state index in [1.54, 1.807) is 18.5 Å². The standard InChI is InChI=1S/C18H21N3O3/c1-12(2)5-6-20-18(22)13-7-15(10-19-9-13)21-14-3-4-16-17(8-14)24-11-23-16/h3-4,7-10,12,21H,5-6,11H2,1-2H3,(H,20,22). The highest BCUT2D eigenvalue weighted by atomic mass is 16.7. The first-order chi connectivity index (χ1) is 11.6. The van der Waals surface area contributed by atoms with E-state index in [4.69, 9.17) is 9.47 Å². The number of amides is 1. The molecule has 1 aromatic carbocycles. The number of carbonyl (C=O) groups excluding carboxylic acids is 1. The predicted molar refractivity (Wildman–Crippen MR) is 91.9 cm³/mol. The molecule has 0 atom stereocenters. The Kier molecular flexibility index (Phi) is 4.84. The van der Waals surface area contributed by atoms with Crippen molar-refractivity contribution in [1.29, 1.82) is 0 Å². The van der Waals surface area contributed by atoms with Crippen LogP contribution in [0.1, 0.15) is 30.6 Å². The Morgan fingerprint density at radius 3 is 2.83 bits per heavy atom. The van der Waals surface area contributed by atoms with Crippen molar-refractivity contribution in [1.82, 2.24) is 10.3 Å². The molecule has 0 radical (unpaired) electrons. The summed E-state index contributed by atoms with van der Waals surface area (Å²) in [5.74, 6) is 1.88. The number of anilines is 2. The van der Waals surface area contributed by atoms with Crippen molar-refractivity contribution in [2.45, 2.75) is 20.3 Å². The average Bonchev–Trinajstić information content (AvgIpc) is 3.02. The molecule has 3 rings (SSSR count). The third kappa shape index (κ3) is 3.95. The van der Waals surface area contributed by atoms with E-state index in [0.717, 1.165) is 23.5 Å². The minimum Gasteiger partial charge on any atom is -0.454 e. The highest BCUT2D eigenvalue weighted by molar-refractivity contribution is 5.94. The van der Waals surface area contributed by atoms with Crippen LogP contribution in [0.3, 0.4) is 0 Å². The molecular formula is C18H21N3O3. The van der Waals surface area contributed by atoms with Crippen LogP contribution in [0.4, 0.5) is 11.4 Å². The van der Waals surface area contributed by atoms with Crippen LogP contribution >= 0.6 is 0 Å². The maximum absolute atomic E-state index is 12.2. The molecule has 2 heterocycles. The molecule has 6 heteroatoms. The van der Waals surface area contributed by atoms with E-state index < -0.39 is 0 Å². The van der Waals surface area contributed by atoms with Crippen LogP contribution in [0.5, 0.6) is 11.5 Å². The molecule has 1 aliphatic heterocycles. The quantitative estimate of drug-likeness (QED) is 0.851. The third-order valence-electron chi connectivity index (χ3n) is 3.67. The van der Waals surface area contributed by atoms with Gasteiger partial charge in [-0.25, -0.2) is 0 Å². The van der Waals surface area contributed by atoms with Gasteiger partial charge in [-0.05, 0) is 30.5 Å². The van der Waals surface area contributed by atoms with E-state index in [1.807, 2.05) is 18.2 Å². The lowest BCUT2D eigenvalue weighted by molar-refractivity contribution is 0.0951. The highest BCUT2D eigenvalue weighted by Crippen LogP contribution is 2.35. The van der Waals surface area contributed by atoms with Crippen molar-refractivity contribution < 1.29 is 14.3 Å². The molecule has 0 bridgehead atoms.